The van der Waals surface area contributed by atoms with Crippen molar-refractivity contribution in [1.82, 2.24) is 9.46 Å². The van der Waals surface area contributed by atoms with E-state index in [1.165, 1.54) is 17.4 Å². The predicted octanol–water partition coefficient (Wildman–Crippen LogP) is 3.08. The number of rotatable bonds is 5. The van der Waals surface area contributed by atoms with Crippen LogP contribution < -0.4 is 0 Å². The Kier molecular flexibility index (Phi) is 4.55. The highest BCUT2D eigenvalue weighted by atomic mass is 32.2. The molecule has 1 fully saturated rings. The quantitative estimate of drug-likeness (QED) is 0.843. The van der Waals surface area contributed by atoms with Gasteiger partial charge in [-0.2, -0.15) is 4.31 Å². The lowest BCUT2D eigenvalue weighted by molar-refractivity contribution is 0.360. The van der Waals surface area contributed by atoms with Crippen molar-refractivity contribution >= 4 is 10.0 Å². The fraction of sp³-hybridized carbons (Fsp3) is 0.471. The second-order valence-corrected chi connectivity index (χ2v) is 8.06. The first-order valence-corrected chi connectivity index (χ1v) is 9.57. The third kappa shape index (κ3) is 3.33. The van der Waals surface area contributed by atoms with Gasteiger partial charge in [0.2, 0.25) is 10.0 Å². The van der Waals surface area contributed by atoms with E-state index in [-0.39, 0.29) is 17.7 Å². The zero-order valence-corrected chi connectivity index (χ0v) is 14.3. The van der Waals surface area contributed by atoms with E-state index in [4.69, 9.17) is 4.52 Å². The summed E-state index contributed by atoms with van der Waals surface area (Å²) < 4.78 is 31.9. The van der Waals surface area contributed by atoms with Gasteiger partial charge in [0.15, 0.2) is 0 Å². The zero-order chi connectivity index (χ0) is 16.4. The Morgan fingerprint density at radius 2 is 2.00 bits per heavy atom. The van der Waals surface area contributed by atoms with Crippen LogP contribution in [0.5, 0.6) is 0 Å². The van der Waals surface area contributed by atoms with Crippen molar-refractivity contribution < 1.29 is 12.9 Å². The third-order valence-corrected chi connectivity index (χ3v) is 6.43. The summed E-state index contributed by atoms with van der Waals surface area (Å²) in [6.45, 7) is 4.68. The van der Waals surface area contributed by atoms with Gasteiger partial charge in [0.25, 0.3) is 0 Å². The van der Waals surface area contributed by atoms with E-state index in [0.29, 0.717) is 12.2 Å². The summed E-state index contributed by atoms with van der Waals surface area (Å²) in [6, 6.07) is 10.0. The summed E-state index contributed by atoms with van der Waals surface area (Å²) in [5.74, 6) is 0.161. The van der Waals surface area contributed by atoms with E-state index in [2.05, 4.69) is 43.3 Å². The Morgan fingerprint density at radius 1 is 1.26 bits per heavy atom. The summed E-state index contributed by atoms with van der Waals surface area (Å²) in [5.41, 5.74) is 2.90. The predicted molar refractivity (Wildman–Crippen MR) is 88.4 cm³/mol. The Labute approximate surface area is 137 Å². The van der Waals surface area contributed by atoms with Crippen molar-refractivity contribution in [2.75, 3.05) is 6.54 Å². The van der Waals surface area contributed by atoms with E-state index in [9.17, 15) is 8.42 Å². The third-order valence-electron chi connectivity index (χ3n) is 4.60. The smallest absolute Gasteiger partial charge is 0.220 e. The first kappa shape index (κ1) is 16.2. The molecule has 23 heavy (non-hydrogen) atoms. The van der Waals surface area contributed by atoms with Crippen LogP contribution in [-0.2, 0) is 15.8 Å². The van der Waals surface area contributed by atoms with Crippen molar-refractivity contribution in [2.45, 2.75) is 44.4 Å². The Hall–Kier alpha value is -1.66. The van der Waals surface area contributed by atoms with Gasteiger partial charge in [0.05, 0.1) is 5.69 Å². The largest absolute Gasteiger partial charge is 0.364 e. The number of hydrogen-bond donors (Lipinski definition) is 0. The van der Waals surface area contributed by atoms with E-state index < -0.39 is 10.0 Å². The Balaban J connectivity index is 1.82. The van der Waals surface area contributed by atoms with Crippen molar-refractivity contribution in [3.8, 4) is 0 Å². The Bertz CT molecular complexity index is 739. The molecule has 6 heteroatoms. The molecular weight excluding hydrogens is 312 g/mol. The molecule has 1 aliphatic rings. The topological polar surface area (TPSA) is 63.4 Å². The monoisotopic (exact) mass is 334 g/mol. The summed E-state index contributed by atoms with van der Waals surface area (Å²) in [7, 11) is -3.38. The van der Waals surface area contributed by atoms with Crippen molar-refractivity contribution in [3.05, 3.63) is 53.4 Å². The molecule has 0 radical (unpaired) electrons. The fourth-order valence-electron chi connectivity index (χ4n) is 3.44. The first-order chi connectivity index (χ1) is 11.0. The summed E-state index contributed by atoms with van der Waals surface area (Å²) in [5, 5.41) is 3.73. The molecular formula is C17H22N2O3S. The molecule has 1 aromatic heterocycles. The van der Waals surface area contributed by atoms with E-state index in [1.807, 2.05) is 0 Å². The minimum atomic E-state index is -3.38. The highest BCUT2D eigenvalue weighted by Gasteiger charge is 2.40. The fourth-order valence-corrected chi connectivity index (χ4v) is 5.22. The van der Waals surface area contributed by atoms with Crippen LogP contribution >= 0.6 is 0 Å². The minimum absolute atomic E-state index is 0.00890. The average molecular weight is 334 g/mol. The lowest BCUT2D eigenvalue weighted by Crippen LogP contribution is -2.37. The van der Waals surface area contributed by atoms with Gasteiger partial charge in [-0.25, -0.2) is 8.42 Å². The highest BCUT2D eigenvalue weighted by molar-refractivity contribution is 7.88. The van der Waals surface area contributed by atoms with Crippen LogP contribution in [0.1, 0.15) is 42.5 Å². The molecule has 2 aromatic rings. The van der Waals surface area contributed by atoms with Gasteiger partial charge in [-0.15, -0.1) is 0 Å². The number of benzene rings is 1. The highest BCUT2D eigenvalue weighted by Crippen LogP contribution is 2.37. The van der Waals surface area contributed by atoms with E-state index in [1.54, 1.807) is 10.4 Å². The molecule has 0 saturated carbocycles. The maximum absolute atomic E-state index is 12.7. The van der Waals surface area contributed by atoms with Crippen LogP contribution in [0.2, 0.25) is 0 Å². The molecule has 0 aliphatic carbocycles. The number of sulfonamides is 1. The van der Waals surface area contributed by atoms with Crippen LogP contribution in [0.25, 0.3) is 0 Å². The van der Waals surface area contributed by atoms with E-state index >= 15 is 0 Å². The molecule has 2 atom stereocenters. The SMILES string of the molecule is CC[C@@H]1[C@H](c2ccc(C)cc2)CCN1S(=O)(=O)Cc1ccon1. The van der Waals surface area contributed by atoms with Gasteiger partial charge in [-0.1, -0.05) is 41.9 Å². The molecule has 1 saturated heterocycles. The maximum Gasteiger partial charge on any atom is 0.220 e. The molecule has 0 unspecified atom stereocenters. The van der Waals surface area contributed by atoms with Gasteiger partial charge in [-0.3, -0.25) is 0 Å². The van der Waals surface area contributed by atoms with Gasteiger partial charge >= 0.3 is 0 Å². The van der Waals surface area contributed by atoms with Crippen LogP contribution in [0.4, 0.5) is 0 Å². The molecule has 5 nitrogen and oxygen atoms in total. The van der Waals surface area contributed by atoms with E-state index in [0.717, 1.165) is 12.8 Å². The number of nitrogens with zero attached hydrogens (tertiary/aromatic N) is 2. The first-order valence-electron chi connectivity index (χ1n) is 7.96. The van der Waals surface area contributed by atoms with Gasteiger partial charge in [-0.05, 0) is 25.3 Å². The summed E-state index contributed by atoms with van der Waals surface area (Å²) in [4.78, 5) is 0. The molecule has 124 valence electrons. The minimum Gasteiger partial charge on any atom is -0.364 e. The van der Waals surface area contributed by atoms with Gasteiger partial charge < -0.3 is 4.52 Å². The molecule has 1 aromatic carbocycles. The molecule has 2 heterocycles. The number of hydrogen-bond acceptors (Lipinski definition) is 4. The average Bonchev–Trinajstić information content (AvgIpc) is 3.16. The number of aromatic nitrogens is 1. The molecule has 3 rings (SSSR count). The van der Waals surface area contributed by atoms with Crippen molar-refractivity contribution in [1.29, 1.82) is 0 Å². The lowest BCUT2D eigenvalue weighted by Gasteiger charge is -2.26. The molecule has 0 amide bonds. The normalized spacial score (nSPS) is 22.5. The van der Waals surface area contributed by atoms with Crippen LogP contribution in [-0.4, -0.2) is 30.5 Å². The number of aryl methyl sites for hydroxylation is 1. The van der Waals surface area contributed by atoms with Gasteiger partial charge in [0, 0.05) is 24.6 Å². The standard InChI is InChI=1S/C17H22N2O3S/c1-3-17-16(14-6-4-13(2)5-7-14)8-10-19(17)23(20,21)12-15-9-11-22-18-15/h4-7,9,11,16-17H,3,8,10,12H2,1-2H3/t16-,17+/m0/s1. The van der Waals surface area contributed by atoms with Crippen molar-refractivity contribution in [3.63, 3.8) is 0 Å². The lowest BCUT2D eigenvalue weighted by atomic mass is 9.90. The Morgan fingerprint density at radius 3 is 2.61 bits per heavy atom. The maximum atomic E-state index is 12.7. The second kappa shape index (κ2) is 6.45. The summed E-state index contributed by atoms with van der Waals surface area (Å²) in [6.07, 6.45) is 3.07. The van der Waals surface area contributed by atoms with Crippen LogP contribution in [0, 0.1) is 6.92 Å². The van der Waals surface area contributed by atoms with Crippen LogP contribution in [0.3, 0.4) is 0 Å². The van der Waals surface area contributed by atoms with Crippen LogP contribution in [0.15, 0.2) is 41.1 Å². The molecule has 0 N–H and O–H groups in total. The molecule has 0 spiro atoms. The summed E-state index contributed by atoms with van der Waals surface area (Å²) >= 11 is 0. The zero-order valence-electron chi connectivity index (χ0n) is 13.5. The second-order valence-electron chi connectivity index (χ2n) is 6.14. The molecule has 0 bridgehead atoms. The molecule has 1 aliphatic heterocycles. The van der Waals surface area contributed by atoms with Crippen molar-refractivity contribution in [2.24, 2.45) is 0 Å². The van der Waals surface area contributed by atoms with Gasteiger partial charge in [0.1, 0.15) is 12.0 Å².